The van der Waals surface area contributed by atoms with Crippen molar-refractivity contribution in [3.8, 4) is 0 Å². The Balaban J connectivity index is 1.50. The molecular weight excluding hydrogens is 450 g/mol. The molecule has 0 saturated heterocycles. The first-order valence-electron chi connectivity index (χ1n) is 9.76. The van der Waals surface area contributed by atoms with Crippen molar-refractivity contribution < 1.29 is 18.7 Å². The van der Waals surface area contributed by atoms with Crippen LogP contribution in [0.25, 0.3) is 0 Å². The van der Waals surface area contributed by atoms with Crippen molar-refractivity contribution >= 4 is 46.6 Å². The van der Waals surface area contributed by atoms with Crippen LogP contribution in [-0.2, 0) is 9.53 Å². The number of anilines is 1. The van der Waals surface area contributed by atoms with Crippen molar-refractivity contribution in [1.29, 1.82) is 0 Å². The number of thioether (sulfide) groups is 1. The van der Waals surface area contributed by atoms with Crippen LogP contribution in [0.3, 0.4) is 0 Å². The molecule has 0 spiro atoms. The Morgan fingerprint density at radius 2 is 2.03 bits per heavy atom. The first-order chi connectivity index (χ1) is 15.5. The van der Waals surface area contributed by atoms with Crippen LogP contribution in [0.4, 0.5) is 5.69 Å². The number of carbonyl (C=O) groups excluding carboxylic acids is 2. The Bertz CT molecular complexity index is 1160. The number of amides is 1. The molecule has 32 heavy (non-hydrogen) atoms. The first-order valence-corrected chi connectivity index (χ1v) is 11.4. The van der Waals surface area contributed by atoms with Crippen LogP contribution in [0, 0.1) is 0 Å². The van der Waals surface area contributed by atoms with Crippen molar-refractivity contribution in [2.75, 3.05) is 18.6 Å². The molecule has 2 aromatic carbocycles. The minimum atomic E-state index is -0.607. The van der Waals surface area contributed by atoms with Crippen molar-refractivity contribution in [2.24, 2.45) is 5.10 Å². The quantitative estimate of drug-likeness (QED) is 0.317. The number of hydrogen-bond acceptors (Lipinski definition) is 7. The normalized spacial score (nSPS) is 15.5. The van der Waals surface area contributed by atoms with Gasteiger partial charge in [0.2, 0.25) is 0 Å². The van der Waals surface area contributed by atoms with Crippen molar-refractivity contribution in [3.63, 3.8) is 0 Å². The second kappa shape index (κ2) is 9.50. The second-order valence-corrected chi connectivity index (χ2v) is 8.34. The fraction of sp³-hybridized carbons (Fsp3) is 0.174. The fourth-order valence-corrected chi connectivity index (χ4v) is 4.05. The third-order valence-corrected chi connectivity index (χ3v) is 6.06. The maximum Gasteiger partial charge on any atom is 0.338 e. The highest BCUT2D eigenvalue weighted by atomic mass is 35.5. The Kier molecular flexibility index (Phi) is 6.53. The Morgan fingerprint density at radius 3 is 2.72 bits per heavy atom. The molecule has 1 aliphatic rings. The molecule has 0 aliphatic carbocycles. The lowest BCUT2D eigenvalue weighted by Gasteiger charge is -2.19. The van der Waals surface area contributed by atoms with E-state index < -0.39 is 24.5 Å². The van der Waals surface area contributed by atoms with E-state index in [0.717, 1.165) is 10.5 Å². The van der Waals surface area contributed by atoms with Crippen LogP contribution < -0.4 is 5.73 Å². The molecule has 0 fully saturated rings. The molecule has 1 amide bonds. The van der Waals surface area contributed by atoms with Gasteiger partial charge < -0.3 is 14.9 Å². The topological polar surface area (TPSA) is 98.1 Å². The number of rotatable bonds is 6. The largest absolute Gasteiger partial charge is 0.467 e. The number of ether oxygens (including phenoxy) is 1. The summed E-state index contributed by atoms with van der Waals surface area (Å²) in [4.78, 5) is 26.2. The summed E-state index contributed by atoms with van der Waals surface area (Å²) in [5.74, 6) is -0.464. The lowest BCUT2D eigenvalue weighted by Crippen LogP contribution is -2.31. The number of hydrogen-bond donors (Lipinski definition) is 1. The summed E-state index contributed by atoms with van der Waals surface area (Å²) in [6.45, 7) is -0.452. The number of nitrogens with zero attached hydrogens (tertiary/aromatic N) is 2. The van der Waals surface area contributed by atoms with E-state index in [9.17, 15) is 9.59 Å². The van der Waals surface area contributed by atoms with Gasteiger partial charge in [-0.1, -0.05) is 23.7 Å². The van der Waals surface area contributed by atoms with Gasteiger partial charge in [-0.2, -0.15) is 5.10 Å². The third-order valence-electron chi connectivity index (χ3n) is 5.01. The van der Waals surface area contributed by atoms with Gasteiger partial charge in [-0.3, -0.25) is 4.79 Å². The smallest absolute Gasteiger partial charge is 0.338 e. The molecule has 4 rings (SSSR count). The molecule has 1 atom stereocenters. The molecule has 3 aromatic rings. The summed E-state index contributed by atoms with van der Waals surface area (Å²) >= 11 is 7.41. The molecule has 9 heteroatoms. The van der Waals surface area contributed by atoms with Gasteiger partial charge in [0.05, 0.1) is 17.5 Å². The van der Waals surface area contributed by atoms with E-state index in [0.29, 0.717) is 34.2 Å². The van der Waals surface area contributed by atoms with E-state index in [2.05, 4.69) is 5.10 Å². The Hall–Kier alpha value is -3.23. The van der Waals surface area contributed by atoms with E-state index in [1.807, 2.05) is 18.4 Å². The summed E-state index contributed by atoms with van der Waals surface area (Å²) in [5.41, 5.74) is 8.34. The molecule has 0 radical (unpaired) electrons. The standard InChI is InChI=1S/C23H20ClN3O4S/c1-32-21-11-15(6-9-17(21)25)23(29)31-13-22(28)27-19(20-3-2-10-30-20)12-18(26-27)14-4-7-16(24)8-5-14/h2-11,19H,12-13,25H2,1H3. The lowest BCUT2D eigenvalue weighted by molar-refractivity contribution is -0.136. The lowest BCUT2D eigenvalue weighted by atomic mass is 10.0. The predicted molar refractivity (Wildman–Crippen MR) is 124 cm³/mol. The van der Waals surface area contributed by atoms with E-state index >= 15 is 0 Å². The number of carbonyl (C=O) groups is 2. The van der Waals surface area contributed by atoms with Crippen LogP contribution in [0.5, 0.6) is 0 Å². The summed E-state index contributed by atoms with van der Waals surface area (Å²) in [5, 5.41) is 6.43. The van der Waals surface area contributed by atoms with Gasteiger partial charge in [-0.05, 0) is 54.3 Å². The van der Waals surface area contributed by atoms with Crippen LogP contribution in [-0.4, -0.2) is 35.5 Å². The Morgan fingerprint density at radius 1 is 1.25 bits per heavy atom. The summed E-state index contributed by atoms with van der Waals surface area (Å²) in [7, 11) is 0. The molecule has 0 saturated carbocycles. The van der Waals surface area contributed by atoms with Gasteiger partial charge in [0, 0.05) is 22.0 Å². The van der Waals surface area contributed by atoms with E-state index in [1.165, 1.54) is 16.8 Å². The fourth-order valence-electron chi connectivity index (χ4n) is 3.37. The van der Waals surface area contributed by atoms with Gasteiger partial charge in [0.25, 0.3) is 5.91 Å². The monoisotopic (exact) mass is 469 g/mol. The zero-order valence-corrected chi connectivity index (χ0v) is 18.7. The van der Waals surface area contributed by atoms with Crippen LogP contribution in [0.1, 0.15) is 34.1 Å². The first kappa shape index (κ1) is 22.0. The minimum Gasteiger partial charge on any atom is -0.467 e. The molecule has 0 bridgehead atoms. The minimum absolute atomic E-state index is 0.325. The van der Waals surface area contributed by atoms with Crippen LogP contribution in [0.15, 0.2) is 75.3 Å². The zero-order chi connectivity index (χ0) is 22.7. The van der Waals surface area contributed by atoms with E-state index in [1.54, 1.807) is 48.7 Å². The maximum absolute atomic E-state index is 12.9. The summed E-state index contributed by atoms with van der Waals surface area (Å²) in [6.07, 6.45) is 3.87. The molecule has 2 N–H and O–H groups in total. The van der Waals surface area contributed by atoms with Crippen molar-refractivity contribution in [3.05, 3.63) is 82.8 Å². The molecule has 1 unspecified atom stereocenters. The average molecular weight is 470 g/mol. The number of benzene rings is 2. The Labute approximate surface area is 194 Å². The molecule has 1 aliphatic heterocycles. The maximum atomic E-state index is 12.9. The second-order valence-electron chi connectivity index (χ2n) is 7.06. The van der Waals surface area contributed by atoms with Gasteiger partial charge in [0.1, 0.15) is 11.8 Å². The molecule has 164 valence electrons. The SMILES string of the molecule is CSc1cc(C(=O)OCC(=O)N2N=C(c3ccc(Cl)cc3)CC2c2ccco2)ccc1N. The zero-order valence-electron chi connectivity index (χ0n) is 17.2. The number of halogens is 1. The number of hydrazone groups is 1. The van der Waals surface area contributed by atoms with Gasteiger partial charge in [-0.25, -0.2) is 9.80 Å². The summed E-state index contributed by atoms with van der Waals surface area (Å²) < 4.78 is 10.8. The highest BCUT2D eigenvalue weighted by Crippen LogP contribution is 2.33. The highest BCUT2D eigenvalue weighted by molar-refractivity contribution is 7.98. The number of nitrogens with two attached hydrogens (primary N) is 1. The average Bonchev–Trinajstić information content (AvgIpc) is 3.48. The molecular formula is C23H20ClN3O4S. The molecule has 2 heterocycles. The van der Waals surface area contributed by atoms with Crippen LogP contribution >= 0.6 is 23.4 Å². The molecule has 7 nitrogen and oxygen atoms in total. The van der Waals surface area contributed by atoms with E-state index in [-0.39, 0.29) is 0 Å². The number of esters is 1. The number of furan rings is 1. The highest BCUT2D eigenvalue weighted by Gasteiger charge is 2.35. The third kappa shape index (κ3) is 4.66. The molecule has 1 aromatic heterocycles. The van der Waals surface area contributed by atoms with Gasteiger partial charge in [-0.15, -0.1) is 11.8 Å². The van der Waals surface area contributed by atoms with E-state index in [4.69, 9.17) is 26.5 Å². The van der Waals surface area contributed by atoms with Crippen molar-refractivity contribution in [2.45, 2.75) is 17.4 Å². The number of nitrogen functional groups attached to an aromatic ring is 1. The van der Waals surface area contributed by atoms with Crippen LogP contribution in [0.2, 0.25) is 5.02 Å². The predicted octanol–water partition coefficient (Wildman–Crippen LogP) is 4.77. The van der Waals surface area contributed by atoms with Gasteiger partial charge in [0.15, 0.2) is 6.61 Å². The van der Waals surface area contributed by atoms with Gasteiger partial charge >= 0.3 is 5.97 Å². The van der Waals surface area contributed by atoms with Crippen molar-refractivity contribution in [1.82, 2.24) is 5.01 Å². The summed E-state index contributed by atoms with van der Waals surface area (Å²) in [6, 6.07) is 15.2.